The molecule has 9 nitrogen and oxygen atoms in total. The van der Waals surface area contributed by atoms with Crippen LogP contribution in [0.5, 0.6) is 5.75 Å². The number of hydrogen-bond acceptors (Lipinski definition) is 9. The smallest absolute Gasteiger partial charge is 0.399 e. The molecule has 12 rings (SSSR count). The molecule has 4 heterocycles. The quantitative estimate of drug-likeness (QED) is 0.106. The van der Waals surface area contributed by atoms with Gasteiger partial charge >= 0.3 is 8.60 Å². The summed E-state index contributed by atoms with van der Waals surface area (Å²) < 4.78 is 49.7. The second kappa shape index (κ2) is 20.0. The van der Waals surface area contributed by atoms with Gasteiger partial charge in [0, 0.05) is 0 Å². The van der Waals surface area contributed by atoms with E-state index in [1.807, 2.05) is 135 Å². The molecular formula is C63H55N2O7P. The van der Waals surface area contributed by atoms with Crippen LogP contribution in [-0.2, 0) is 45.6 Å². The van der Waals surface area contributed by atoms with Gasteiger partial charge in [0.1, 0.15) is 49.2 Å². The van der Waals surface area contributed by atoms with Crippen molar-refractivity contribution in [3.05, 3.63) is 269 Å². The van der Waals surface area contributed by atoms with Gasteiger partial charge in [-0.25, -0.2) is 9.98 Å². The average molecular weight is 983 g/mol. The molecule has 364 valence electrons. The predicted molar refractivity (Wildman–Crippen MR) is 285 cm³/mol. The molecule has 0 radical (unpaired) electrons. The normalized spacial score (nSPS) is 21.8. The van der Waals surface area contributed by atoms with Crippen molar-refractivity contribution < 1.29 is 32.5 Å². The topological polar surface area (TPSA) is 89.3 Å². The van der Waals surface area contributed by atoms with Crippen molar-refractivity contribution in [1.29, 1.82) is 0 Å². The maximum Gasteiger partial charge on any atom is 0.399 e. The Balaban J connectivity index is 0.923. The zero-order chi connectivity index (χ0) is 49.2. The van der Waals surface area contributed by atoms with Gasteiger partial charge in [-0.3, -0.25) is 9.05 Å². The molecule has 0 saturated carbocycles. The molecule has 0 N–H and O–H groups in total. The highest BCUT2D eigenvalue weighted by atomic mass is 31.2. The van der Waals surface area contributed by atoms with Gasteiger partial charge in [-0.15, -0.1) is 0 Å². The SMILES string of the molecule is CC1(C)O[C@@H]2[C@@H](O1)C(c1ccccc1)(c1ccccc1)OP(Oc1cccc(-c3cccc(CC(C4=N[C@H](c5ccccc5)CO4)C4=N[C@H](c5ccccc5)CO4)c3)c1)OC2(c1ccccc1)c1ccccc1. The monoisotopic (exact) mass is 982 g/mol. The molecule has 0 bridgehead atoms. The van der Waals surface area contributed by atoms with Crippen molar-refractivity contribution >= 4 is 20.4 Å². The van der Waals surface area contributed by atoms with E-state index >= 15 is 0 Å². The fraction of sp³-hybridized carbons (Fsp3) is 0.206. The highest BCUT2D eigenvalue weighted by Gasteiger charge is 2.67. The summed E-state index contributed by atoms with van der Waals surface area (Å²) in [6.45, 7) is 4.84. The van der Waals surface area contributed by atoms with Gasteiger partial charge in [-0.05, 0) is 82.5 Å². The van der Waals surface area contributed by atoms with Crippen LogP contribution in [0, 0.1) is 5.92 Å². The first-order valence-electron chi connectivity index (χ1n) is 25.0. The summed E-state index contributed by atoms with van der Waals surface area (Å²) >= 11 is 0. The average Bonchev–Trinajstić information content (AvgIpc) is 4.21. The molecule has 0 unspecified atom stereocenters. The molecule has 4 atom stereocenters. The number of fused-ring (bicyclic) bond motifs is 1. The van der Waals surface area contributed by atoms with Gasteiger partial charge in [0.15, 0.2) is 28.8 Å². The Kier molecular flexibility index (Phi) is 12.8. The Hall–Kier alpha value is -7.23. The molecule has 0 spiro atoms. The molecular weight excluding hydrogens is 928 g/mol. The van der Waals surface area contributed by atoms with Gasteiger partial charge < -0.3 is 23.5 Å². The van der Waals surface area contributed by atoms with Crippen LogP contribution in [0.2, 0.25) is 0 Å². The van der Waals surface area contributed by atoms with Gasteiger partial charge in [0.05, 0.1) is 0 Å². The Morgan fingerprint density at radius 2 is 0.877 bits per heavy atom. The number of rotatable bonds is 13. The van der Waals surface area contributed by atoms with Crippen molar-refractivity contribution in [2.75, 3.05) is 13.2 Å². The maximum absolute atomic E-state index is 7.63. The third kappa shape index (κ3) is 9.18. The number of hydrogen-bond donors (Lipinski definition) is 0. The van der Waals surface area contributed by atoms with E-state index in [4.69, 9.17) is 42.5 Å². The predicted octanol–water partition coefficient (Wildman–Crippen LogP) is 13.9. The van der Waals surface area contributed by atoms with Crippen molar-refractivity contribution in [2.24, 2.45) is 15.9 Å². The molecule has 0 amide bonds. The van der Waals surface area contributed by atoms with Crippen molar-refractivity contribution in [1.82, 2.24) is 0 Å². The standard InChI is InChI=1S/C63H55N2O7P/c1-61(2)68-57-58(69-61)63(51-34-17-7-18-35-51,52-36-19-8-20-37-52)72-73(71-62(57,49-30-13-5-14-31-49)50-32-15-6-16-33-50)70-53-38-22-29-48(41-53)47-28-21-23-44(39-47)40-54(59-64-55(42-66-59)45-24-9-3-10-25-45)60-65-56(43-67-60)46-26-11-4-12-27-46/h3-39,41,54-58H,40,42-43H2,1-2H3/t55-,56-,57+,58+/m0/s1. The number of ether oxygens (including phenoxy) is 4. The lowest BCUT2D eigenvalue weighted by atomic mass is 9.72. The summed E-state index contributed by atoms with van der Waals surface area (Å²) in [6.07, 6.45) is -0.879. The van der Waals surface area contributed by atoms with E-state index < -0.39 is 37.8 Å². The van der Waals surface area contributed by atoms with Crippen LogP contribution in [0.3, 0.4) is 0 Å². The van der Waals surface area contributed by atoms with Gasteiger partial charge in [-0.2, -0.15) is 0 Å². The van der Waals surface area contributed by atoms with Crippen LogP contribution in [0.1, 0.15) is 64.9 Å². The van der Waals surface area contributed by atoms with E-state index in [0.717, 1.165) is 50.1 Å². The number of benzene rings is 8. The molecule has 0 aliphatic carbocycles. The minimum absolute atomic E-state index is 0.106. The van der Waals surface area contributed by atoms with Crippen LogP contribution in [-0.4, -0.2) is 43.0 Å². The zero-order valence-electron chi connectivity index (χ0n) is 40.6. The maximum atomic E-state index is 7.63. The Morgan fingerprint density at radius 1 is 0.479 bits per heavy atom. The summed E-state index contributed by atoms with van der Waals surface area (Å²) in [5.74, 6) is 0.523. The fourth-order valence-electron chi connectivity index (χ4n) is 10.8. The first-order valence-corrected chi connectivity index (χ1v) is 26.1. The first kappa shape index (κ1) is 46.8. The number of nitrogens with zero attached hydrogens (tertiary/aromatic N) is 2. The molecule has 2 saturated heterocycles. The second-order valence-corrected chi connectivity index (χ2v) is 20.3. The lowest BCUT2D eigenvalue weighted by Crippen LogP contribution is -2.53. The van der Waals surface area contributed by atoms with Gasteiger partial charge in [0.2, 0.25) is 0 Å². The Labute approximate surface area is 428 Å². The molecule has 73 heavy (non-hydrogen) atoms. The molecule has 0 aromatic heterocycles. The van der Waals surface area contributed by atoms with Crippen LogP contribution >= 0.6 is 8.60 Å². The van der Waals surface area contributed by atoms with Crippen molar-refractivity contribution in [3.63, 3.8) is 0 Å². The van der Waals surface area contributed by atoms with E-state index in [1.165, 1.54) is 0 Å². The summed E-state index contributed by atoms with van der Waals surface area (Å²) in [5, 5.41) is 0. The molecule has 8 aromatic rings. The van der Waals surface area contributed by atoms with E-state index in [0.29, 0.717) is 37.2 Å². The minimum Gasteiger partial charge on any atom is -0.478 e. The van der Waals surface area contributed by atoms with E-state index in [1.54, 1.807) is 0 Å². The van der Waals surface area contributed by atoms with Crippen molar-refractivity contribution in [3.8, 4) is 16.9 Å². The summed E-state index contributed by atoms with van der Waals surface area (Å²) in [6, 6.07) is 78.0. The largest absolute Gasteiger partial charge is 0.478 e. The van der Waals surface area contributed by atoms with Crippen LogP contribution in [0.15, 0.2) is 241 Å². The highest BCUT2D eigenvalue weighted by molar-refractivity contribution is 7.42. The lowest BCUT2D eigenvalue weighted by Gasteiger charge is -2.41. The van der Waals surface area contributed by atoms with Gasteiger partial charge in [-0.1, -0.05) is 218 Å². The minimum atomic E-state index is -2.27. The van der Waals surface area contributed by atoms with E-state index in [9.17, 15) is 0 Å². The lowest BCUT2D eigenvalue weighted by molar-refractivity contribution is -0.175. The highest BCUT2D eigenvalue weighted by Crippen LogP contribution is 2.65. The summed E-state index contributed by atoms with van der Waals surface area (Å²) in [7, 11) is -2.27. The molecule has 8 aromatic carbocycles. The molecule has 10 heteroatoms. The van der Waals surface area contributed by atoms with E-state index in [-0.39, 0.29) is 18.0 Å². The summed E-state index contributed by atoms with van der Waals surface area (Å²) in [4.78, 5) is 10.3. The summed E-state index contributed by atoms with van der Waals surface area (Å²) in [5.41, 5.74) is 6.28. The van der Waals surface area contributed by atoms with Crippen LogP contribution in [0.25, 0.3) is 11.1 Å². The number of aliphatic imine (C=N–C) groups is 2. The zero-order valence-corrected chi connectivity index (χ0v) is 41.5. The molecule has 2 fully saturated rings. The second-order valence-electron chi connectivity index (χ2n) is 19.3. The Morgan fingerprint density at radius 3 is 1.32 bits per heavy atom. The third-order valence-corrected chi connectivity index (χ3v) is 15.4. The molecule has 4 aliphatic heterocycles. The fourth-order valence-corrected chi connectivity index (χ4v) is 12.3. The molecule has 4 aliphatic rings. The van der Waals surface area contributed by atoms with Gasteiger partial charge in [0.25, 0.3) is 0 Å². The van der Waals surface area contributed by atoms with E-state index in [2.05, 4.69) is 109 Å². The van der Waals surface area contributed by atoms with Crippen LogP contribution in [0.4, 0.5) is 0 Å². The Bertz CT molecular complexity index is 2970. The third-order valence-electron chi connectivity index (χ3n) is 14.2. The van der Waals surface area contributed by atoms with Crippen molar-refractivity contribution in [2.45, 2.75) is 61.5 Å². The van der Waals surface area contributed by atoms with Crippen LogP contribution < -0.4 is 4.52 Å². The first-order chi connectivity index (χ1) is 35.8.